The summed E-state index contributed by atoms with van der Waals surface area (Å²) in [5.41, 5.74) is -0.107. The first-order chi connectivity index (χ1) is 11.1. The molecular formula is C17H23N3O2S. The van der Waals surface area contributed by atoms with E-state index in [4.69, 9.17) is 0 Å². The summed E-state index contributed by atoms with van der Waals surface area (Å²) in [5, 5.41) is 0.632. The van der Waals surface area contributed by atoms with Gasteiger partial charge in [-0.25, -0.2) is 4.98 Å². The number of carbonyl (C=O) groups excluding carboxylic acids is 1. The number of hydrogen-bond acceptors (Lipinski definition) is 4. The number of likely N-dealkylation sites (tertiary alicyclic amines) is 1. The van der Waals surface area contributed by atoms with Gasteiger partial charge in [0, 0.05) is 17.5 Å². The van der Waals surface area contributed by atoms with Crippen molar-refractivity contribution in [1.29, 1.82) is 0 Å². The van der Waals surface area contributed by atoms with Crippen molar-refractivity contribution in [2.75, 3.05) is 6.54 Å². The van der Waals surface area contributed by atoms with Crippen molar-refractivity contribution >= 4 is 27.5 Å². The third-order valence-electron chi connectivity index (χ3n) is 4.64. The lowest BCUT2D eigenvalue weighted by molar-refractivity contribution is -0.135. The zero-order valence-electron chi connectivity index (χ0n) is 13.7. The molecule has 1 saturated heterocycles. The number of rotatable bonds is 4. The maximum Gasteiger partial charge on any atom is 0.262 e. The summed E-state index contributed by atoms with van der Waals surface area (Å²) in [6.45, 7) is 5.08. The second kappa shape index (κ2) is 6.83. The van der Waals surface area contributed by atoms with Crippen LogP contribution in [0.5, 0.6) is 0 Å². The lowest BCUT2D eigenvalue weighted by atomic mass is 10.00. The summed E-state index contributed by atoms with van der Waals surface area (Å²) < 4.78 is 1.46. The Morgan fingerprint density at radius 2 is 2.22 bits per heavy atom. The van der Waals surface area contributed by atoms with E-state index >= 15 is 0 Å². The first-order valence-corrected chi connectivity index (χ1v) is 9.23. The Labute approximate surface area is 139 Å². The van der Waals surface area contributed by atoms with E-state index in [1.165, 1.54) is 17.3 Å². The lowest BCUT2D eigenvalue weighted by Crippen LogP contribution is -2.45. The highest BCUT2D eigenvalue weighted by molar-refractivity contribution is 7.18. The summed E-state index contributed by atoms with van der Waals surface area (Å²) in [7, 11) is 0. The summed E-state index contributed by atoms with van der Waals surface area (Å²) in [6.07, 6.45) is 6.69. The van der Waals surface area contributed by atoms with Crippen LogP contribution in [0.3, 0.4) is 0 Å². The van der Waals surface area contributed by atoms with Crippen molar-refractivity contribution in [3.05, 3.63) is 27.6 Å². The average molecular weight is 333 g/mol. The van der Waals surface area contributed by atoms with Crippen molar-refractivity contribution in [3.8, 4) is 0 Å². The van der Waals surface area contributed by atoms with Crippen molar-refractivity contribution in [2.24, 2.45) is 0 Å². The summed E-state index contributed by atoms with van der Waals surface area (Å²) in [4.78, 5) is 33.4. The minimum absolute atomic E-state index is 0.0331. The molecule has 1 amide bonds. The normalized spacial score (nSPS) is 18.5. The van der Waals surface area contributed by atoms with Gasteiger partial charge in [0.25, 0.3) is 5.56 Å². The molecule has 124 valence electrons. The Morgan fingerprint density at radius 1 is 1.39 bits per heavy atom. The number of carbonyl (C=O) groups is 1. The van der Waals surface area contributed by atoms with Crippen LogP contribution < -0.4 is 5.56 Å². The minimum atomic E-state index is -0.107. The van der Waals surface area contributed by atoms with Gasteiger partial charge in [0.1, 0.15) is 11.4 Å². The molecule has 1 aliphatic rings. The van der Waals surface area contributed by atoms with Gasteiger partial charge < -0.3 is 4.90 Å². The molecule has 6 heteroatoms. The third-order valence-corrected chi connectivity index (χ3v) is 5.83. The molecule has 1 aliphatic heterocycles. The minimum Gasteiger partial charge on any atom is -0.338 e. The zero-order chi connectivity index (χ0) is 16.4. The quantitative estimate of drug-likeness (QED) is 0.864. The van der Waals surface area contributed by atoms with Crippen LogP contribution in [0.1, 0.15) is 44.4 Å². The number of aromatic nitrogens is 2. The number of piperidine rings is 1. The number of hydrogen-bond donors (Lipinski definition) is 0. The number of thiophene rings is 1. The van der Waals surface area contributed by atoms with Crippen LogP contribution in [0.15, 0.2) is 17.2 Å². The van der Waals surface area contributed by atoms with Gasteiger partial charge in [0.2, 0.25) is 5.91 Å². The molecule has 2 aromatic rings. The van der Waals surface area contributed by atoms with Crippen LogP contribution in [0, 0.1) is 0 Å². The lowest BCUT2D eigenvalue weighted by Gasteiger charge is -2.35. The predicted molar refractivity (Wildman–Crippen MR) is 92.9 cm³/mol. The van der Waals surface area contributed by atoms with Crippen molar-refractivity contribution < 1.29 is 4.79 Å². The van der Waals surface area contributed by atoms with Gasteiger partial charge in [0.05, 0.1) is 11.7 Å². The molecule has 23 heavy (non-hydrogen) atoms. The van der Waals surface area contributed by atoms with Gasteiger partial charge in [-0.15, -0.1) is 11.3 Å². The van der Waals surface area contributed by atoms with Crippen LogP contribution in [0.4, 0.5) is 0 Å². The van der Waals surface area contributed by atoms with E-state index in [0.717, 1.165) is 41.9 Å². The van der Waals surface area contributed by atoms with Gasteiger partial charge in [-0.1, -0.05) is 13.8 Å². The molecule has 0 unspecified atom stereocenters. The summed E-state index contributed by atoms with van der Waals surface area (Å²) >= 11 is 1.55. The maximum absolute atomic E-state index is 12.6. The molecule has 0 aliphatic carbocycles. The molecule has 1 fully saturated rings. The zero-order valence-corrected chi connectivity index (χ0v) is 14.6. The standard InChI is InChI=1S/C17H23N3O2S/c1-3-12-7-5-6-8-20(12)15(21)10-19-11-18-16-14(17(19)22)9-13(4-2)23-16/h9,11-12H,3-8,10H2,1-2H3/t12-/m0/s1. The Kier molecular flexibility index (Phi) is 4.80. The fraction of sp³-hybridized carbons (Fsp3) is 0.588. The van der Waals surface area contributed by atoms with Crippen LogP contribution in [0.2, 0.25) is 0 Å². The summed E-state index contributed by atoms with van der Waals surface area (Å²) in [5.74, 6) is 0.0331. The largest absolute Gasteiger partial charge is 0.338 e. The first kappa shape index (κ1) is 16.2. The maximum atomic E-state index is 12.6. The van der Waals surface area contributed by atoms with Gasteiger partial charge in [-0.05, 0) is 38.2 Å². The van der Waals surface area contributed by atoms with E-state index in [0.29, 0.717) is 11.4 Å². The molecule has 5 nitrogen and oxygen atoms in total. The van der Waals surface area contributed by atoms with Gasteiger partial charge >= 0.3 is 0 Å². The summed E-state index contributed by atoms with van der Waals surface area (Å²) in [6, 6.07) is 2.22. The second-order valence-corrected chi connectivity index (χ2v) is 7.22. The molecule has 2 aromatic heterocycles. The highest BCUT2D eigenvalue weighted by atomic mass is 32.1. The second-order valence-electron chi connectivity index (χ2n) is 6.11. The Balaban J connectivity index is 1.84. The van der Waals surface area contributed by atoms with Crippen LogP contribution in [-0.2, 0) is 17.8 Å². The SMILES string of the molecule is CCc1cc2c(=O)n(CC(=O)N3CCCC[C@@H]3CC)cnc2s1. The number of aryl methyl sites for hydroxylation is 1. The topological polar surface area (TPSA) is 55.2 Å². The molecular weight excluding hydrogens is 310 g/mol. The molecule has 0 radical (unpaired) electrons. The molecule has 3 heterocycles. The Bertz CT molecular complexity index is 765. The Hall–Kier alpha value is -1.69. The molecule has 3 rings (SSSR count). The van der Waals surface area contributed by atoms with Crippen LogP contribution in [-0.4, -0.2) is 32.9 Å². The number of amides is 1. The van der Waals surface area contributed by atoms with E-state index in [2.05, 4.69) is 18.8 Å². The van der Waals surface area contributed by atoms with E-state index < -0.39 is 0 Å². The smallest absolute Gasteiger partial charge is 0.262 e. The molecule has 1 atom stereocenters. The van der Waals surface area contributed by atoms with Gasteiger partial charge in [-0.3, -0.25) is 14.2 Å². The molecule has 0 spiro atoms. The molecule has 0 saturated carbocycles. The highest BCUT2D eigenvalue weighted by Crippen LogP contribution is 2.22. The predicted octanol–water partition coefficient (Wildman–Crippen LogP) is 2.81. The fourth-order valence-corrected chi connectivity index (χ4v) is 4.21. The van der Waals surface area contributed by atoms with Crippen molar-refractivity contribution in [3.63, 3.8) is 0 Å². The average Bonchev–Trinajstić information content (AvgIpc) is 3.01. The molecule has 0 aromatic carbocycles. The number of nitrogens with zero attached hydrogens (tertiary/aromatic N) is 3. The molecule has 0 N–H and O–H groups in total. The first-order valence-electron chi connectivity index (χ1n) is 8.41. The van der Waals surface area contributed by atoms with E-state index in [1.807, 2.05) is 11.0 Å². The van der Waals surface area contributed by atoms with Gasteiger partial charge in [-0.2, -0.15) is 0 Å². The van der Waals surface area contributed by atoms with Crippen LogP contribution in [0.25, 0.3) is 10.2 Å². The van der Waals surface area contributed by atoms with E-state index in [-0.39, 0.29) is 18.0 Å². The van der Waals surface area contributed by atoms with Crippen molar-refractivity contribution in [1.82, 2.24) is 14.5 Å². The van der Waals surface area contributed by atoms with E-state index in [9.17, 15) is 9.59 Å². The fourth-order valence-electron chi connectivity index (χ4n) is 3.29. The molecule has 0 bridgehead atoms. The highest BCUT2D eigenvalue weighted by Gasteiger charge is 2.25. The monoisotopic (exact) mass is 333 g/mol. The third kappa shape index (κ3) is 3.17. The number of fused-ring (bicyclic) bond motifs is 1. The van der Waals surface area contributed by atoms with Crippen LogP contribution >= 0.6 is 11.3 Å². The van der Waals surface area contributed by atoms with E-state index in [1.54, 1.807) is 11.3 Å². The Morgan fingerprint density at radius 3 is 2.96 bits per heavy atom. The van der Waals surface area contributed by atoms with Gasteiger partial charge in [0.15, 0.2) is 0 Å². The van der Waals surface area contributed by atoms with Crippen molar-refractivity contribution in [2.45, 2.75) is 58.5 Å².